The van der Waals surface area contributed by atoms with Gasteiger partial charge in [0.1, 0.15) is 0 Å². The van der Waals surface area contributed by atoms with Crippen LogP contribution in [0.15, 0.2) is 40.5 Å². The van der Waals surface area contributed by atoms with Gasteiger partial charge in [0.15, 0.2) is 4.96 Å². The van der Waals surface area contributed by atoms with Crippen molar-refractivity contribution in [1.82, 2.24) is 9.38 Å². The molecule has 1 aromatic carbocycles. The van der Waals surface area contributed by atoms with E-state index in [1.165, 1.54) is 11.3 Å². The summed E-state index contributed by atoms with van der Waals surface area (Å²) in [7, 11) is 0. The fraction of sp³-hybridized carbons (Fsp3) is 0.133. The summed E-state index contributed by atoms with van der Waals surface area (Å²) < 4.78 is 1.61. The second kappa shape index (κ2) is 5.38. The highest BCUT2D eigenvalue weighted by Gasteiger charge is 2.06. The lowest BCUT2D eigenvalue weighted by molar-refractivity contribution is 0.965. The van der Waals surface area contributed by atoms with Crippen molar-refractivity contribution in [2.24, 2.45) is 0 Å². The van der Waals surface area contributed by atoms with E-state index < -0.39 is 0 Å². The zero-order chi connectivity index (χ0) is 14.8. The zero-order valence-corrected chi connectivity index (χ0v) is 12.1. The smallest absolute Gasteiger partial charge is 0.259 e. The second-order valence-corrected chi connectivity index (χ2v) is 5.46. The number of thiazole rings is 1. The lowest BCUT2D eigenvalue weighted by atomic mass is 10.2. The third-order valence-corrected chi connectivity index (χ3v) is 4.06. The van der Waals surface area contributed by atoms with Gasteiger partial charge in [0.2, 0.25) is 0 Å². The maximum absolute atomic E-state index is 12.0. The Kier molecular flexibility index (Phi) is 3.42. The van der Waals surface area contributed by atoms with E-state index in [1.54, 1.807) is 22.6 Å². The van der Waals surface area contributed by atoms with Crippen LogP contribution in [-0.2, 0) is 6.54 Å². The number of rotatable bonds is 3. The Hall–Kier alpha value is -2.65. The molecule has 0 bridgehead atoms. The van der Waals surface area contributed by atoms with Gasteiger partial charge in [-0.25, -0.2) is 4.98 Å². The number of aromatic nitrogens is 2. The van der Waals surface area contributed by atoms with Crippen LogP contribution >= 0.6 is 11.3 Å². The fourth-order valence-electron chi connectivity index (χ4n) is 2.05. The number of nitriles is 1. The quantitative estimate of drug-likeness (QED) is 0.806. The molecule has 104 valence electrons. The lowest BCUT2D eigenvalue weighted by Crippen LogP contribution is -2.16. The van der Waals surface area contributed by atoms with Crippen LogP contribution in [0, 0.1) is 18.3 Å². The Labute approximate surface area is 125 Å². The van der Waals surface area contributed by atoms with Crippen LogP contribution in [0.2, 0.25) is 0 Å². The van der Waals surface area contributed by atoms with Crippen LogP contribution in [0.4, 0.5) is 5.69 Å². The number of fused-ring (bicyclic) bond motifs is 1. The van der Waals surface area contributed by atoms with Crippen LogP contribution in [0.3, 0.4) is 0 Å². The van der Waals surface area contributed by atoms with E-state index in [-0.39, 0.29) is 5.56 Å². The van der Waals surface area contributed by atoms with Crippen molar-refractivity contribution in [3.8, 4) is 6.07 Å². The first kappa shape index (κ1) is 13.3. The van der Waals surface area contributed by atoms with Crippen molar-refractivity contribution in [3.05, 3.63) is 63.0 Å². The first-order chi connectivity index (χ1) is 10.2. The van der Waals surface area contributed by atoms with Crippen molar-refractivity contribution in [3.63, 3.8) is 0 Å². The van der Waals surface area contributed by atoms with Crippen molar-refractivity contribution < 1.29 is 0 Å². The first-order valence-electron chi connectivity index (χ1n) is 6.38. The number of benzene rings is 1. The molecule has 0 aliphatic heterocycles. The molecule has 0 atom stereocenters. The highest BCUT2D eigenvalue weighted by atomic mass is 32.1. The Balaban J connectivity index is 1.82. The number of hydrogen-bond acceptors (Lipinski definition) is 5. The van der Waals surface area contributed by atoms with Gasteiger partial charge < -0.3 is 5.32 Å². The maximum atomic E-state index is 12.0. The maximum Gasteiger partial charge on any atom is 0.259 e. The third kappa shape index (κ3) is 2.64. The standard InChI is InChI=1S/C15H12N4OS/c1-10-9-21-15-18-13(6-14(20)19(10)15)8-17-12-4-2-11(7-16)3-5-12/h2-6,9,17H,8H2,1H3. The number of nitrogens with one attached hydrogen (secondary N) is 1. The monoisotopic (exact) mass is 296 g/mol. The van der Waals surface area contributed by atoms with Crippen LogP contribution in [0.25, 0.3) is 4.96 Å². The summed E-state index contributed by atoms with van der Waals surface area (Å²) in [6, 6.07) is 10.8. The van der Waals surface area contributed by atoms with E-state index in [2.05, 4.69) is 16.4 Å². The van der Waals surface area contributed by atoms with Gasteiger partial charge in [0.25, 0.3) is 5.56 Å². The number of anilines is 1. The molecule has 0 fully saturated rings. The Morgan fingerprint density at radius 2 is 2.14 bits per heavy atom. The van der Waals surface area contributed by atoms with Gasteiger partial charge in [-0.1, -0.05) is 0 Å². The number of nitrogens with zero attached hydrogens (tertiary/aromatic N) is 3. The molecule has 5 nitrogen and oxygen atoms in total. The Morgan fingerprint density at radius 1 is 1.38 bits per heavy atom. The van der Waals surface area contributed by atoms with E-state index in [0.29, 0.717) is 22.8 Å². The van der Waals surface area contributed by atoms with Crippen LogP contribution in [0.1, 0.15) is 17.0 Å². The van der Waals surface area contributed by atoms with Gasteiger partial charge >= 0.3 is 0 Å². The van der Waals surface area contributed by atoms with Crippen molar-refractivity contribution >= 4 is 22.0 Å². The average molecular weight is 296 g/mol. The van der Waals surface area contributed by atoms with Crippen molar-refractivity contribution in [2.75, 3.05) is 5.32 Å². The summed E-state index contributed by atoms with van der Waals surface area (Å²) >= 11 is 1.46. The molecule has 3 aromatic rings. The van der Waals surface area contributed by atoms with E-state index >= 15 is 0 Å². The van der Waals surface area contributed by atoms with Crippen molar-refractivity contribution in [2.45, 2.75) is 13.5 Å². The summed E-state index contributed by atoms with van der Waals surface area (Å²) in [5.74, 6) is 0. The minimum Gasteiger partial charge on any atom is -0.379 e. The van der Waals surface area contributed by atoms with Crippen LogP contribution < -0.4 is 10.9 Å². The van der Waals surface area contributed by atoms with Gasteiger partial charge in [-0.3, -0.25) is 9.20 Å². The molecule has 0 unspecified atom stereocenters. The summed E-state index contributed by atoms with van der Waals surface area (Å²) in [5, 5.41) is 13.9. The molecular weight excluding hydrogens is 284 g/mol. The molecular formula is C15H12N4OS. The summed E-state index contributed by atoms with van der Waals surface area (Å²) in [5.41, 5.74) is 3.05. The minimum absolute atomic E-state index is 0.0598. The number of hydrogen-bond donors (Lipinski definition) is 1. The molecule has 0 saturated carbocycles. The predicted octanol–water partition coefficient (Wildman–Crippen LogP) is 2.55. The lowest BCUT2D eigenvalue weighted by Gasteiger charge is -2.06. The van der Waals surface area contributed by atoms with Gasteiger partial charge in [0, 0.05) is 22.8 Å². The molecule has 1 N–H and O–H groups in total. The molecule has 0 saturated heterocycles. The van der Waals surface area contributed by atoms with E-state index in [0.717, 1.165) is 11.4 Å². The first-order valence-corrected chi connectivity index (χ1v) is 7.26. The zero-order valence-electron chi connectivity index (χ0n) is 11.3. The van der Waals surface area contributed by atoms with Gasteiger partial charge in [-0.05, 0) is 31.2 Å². The van der Waals surface area contributed by atoms with Crippen LogP contribution in [0.5, 0.6) is 0 Å². The number of aryl methyl sites for hydroxylation is 1. The molecule has 0 spiro atoms. The summed E-state index contributed by atoms with van der Waals surface area (Å²) in [6.45, 7) is 2.36. The highest BCUT2D eigenvalue weighted by molar-refractivity contribution is 7.15. The van der Waals surface area contributed by atoms with Gasteiger partial charge in [-0.2, -0.15) is 5.26 Å². The Morgan fingerprint density at radius 3 is 2.86 bits per heavy atom. The fourth-order valence-corrected chi connectivity index (χ4v) is 2.94. The molecule has 2 heterocycles. The van der Waals surface area contributed by atoms with Gasteiger partial charge in [0.05, 0.1) is 23.9 Å². The predicted molar refractivity (Wildman–Crippen MR) is 82.6 cm³/mol. The average Bonchev–Trinajstić information content (AvgIpc) is 2.87. The molecule has 3 rings (SSSR count). The highest BCUT2D eigenvalue weighted by Crippen LogP contribution is 2.13. The van der Waals surface area contributed by atoms with Gasteiger partial charge in [-0.15, -0.1) is 11.3 Å². The molecule has 0 aliphatic rings. The van der Waals surface area contributed by atoms with E-state index in [1.807, 2.05) is 24.4 Å². The molecule has 0 amide bonds. The molecule has 2 aromatic heterocycles. The van der Waals surface area contributed by atoms with E-state index in [4.69, 9.17) is 5.26 Å². The topological polar surface area (TPSA) is 70.2 Å². The molecule has 0 radical (unpaired) electrons. The second-order valence-electron chi connectivity index (χ2n) is 4.62. The summed E-state index contributed by atoms with van der Waals surface area (Å²) in [6.07, 6.45) is 0. The molecule has 6 heteroatoms. The normalized spacial score (nSPS) is 10.5. The van der Waals surface area contributed by atoms with E-state index in [9.17, 15) is 4.79 Å². The third-order valence-electron chi connectivity index (χ3n) is 3.12. The molecule has 0 aliphatic carbocycles. The van der Waals surface area contributed by atoms with Crippen LogP contribution in [-0.4, -0.2) is 9.38 Å². The Bertz CT molecular complexity index is 887. The summed E-state index contributed by atoms with van der Waals surface area (Å²) in [4.78, 5) is 17.2. The largest absolute Gasteiger partial charge is 0.379 e. The minimum atomic E-state index is -0.0598. The molecule has 21 heavy (non-hydrogen) atoms. The SMILES string of the molecule is Cc1csc2nc(CNc3ccc(C#N)cc3)cc(=O)n12. The van der Waals surface area contributed by atoms with Crippen molar-refractivity contribution in [1.29, 1.82) is 5.26 Å².